The van der Waals surface area contributed by atoms with Gasteiger partial charge in [-0.1, -0.05) is 51.2 Å². The van der Waals surface area contributed by atoms with E-state index in [-0.39, 0.29) is 56.4 Å². The van der Waals surface area contributed by atoms with Gasteiger partial charge in [-0.25, -0.2) is 4.79 Å². The predicted octanol–water partition coefficient (Wildman–Crippen LogP) is 7.18. The fraction of sp³-hybridized carbons (Fsp3) is 0.490. The molecule has 1 saturated heterocycles. The second-order valence-corrected chi connectivity index (χ2v) is 24.4. The molecule has 4 aliphatic rings. The lowest BCUT2D eigenvalue weighted by Crippen LogP contribution is -2.52. The summed E-state index contributed by atoms with van der Waals surface area (Å²) in [6.45, 7) is 11.1. The van der Waals surface area contributed by atoms with Gasteiger partial charge in [-0.05, 0) is 81.4 Å². The number of carbonyl (C=O) groups is 3. The van der Waals surface area contributed by atoms with Crippen molar-refractivity contribution in [2.24, 2.45) is 5.41 Å². The molecule has 4 aliphatic heterocycles. The van der Waals surface area contributed by atoms with E-state index in [1.165, 1.54) is 18.2 Å². The number of imide groups is 1. The average molecular weight is 1070 g/mol. The first-order valence-corrected chi connectivity index (χ1v) is 28.6. The molecule has 0 radical (unpaired) electrons. The van der Waals surface area contributed by atoms with Crippen molar-refractivity contribution < 1.29 is 76.9 Å². The van der Waals surface area contributed by atoms with E-state index in [0.29, 0.717) is 66.1 Å². The molecule has 1 atom stereocenters. The molecule has 1 fully saturated rings. The van der Waals surface area contributed by atoms with Crippen LogP contribution in [0.4, 0.5) is 11.4 Å². The van der Waals surface area contributed by atoms with E-state index in [1.807, 2.05) is 65.0 Å². The summed E-state index contributed by atoms with van der Waals surface area (Å²) < 4.78 is 121. The molecule has 2 aromatic carbocycles. The maximum absolute atomic E-state index is 12.9. The van der Waals surface area contributed by atoms with Crippen LogP contribution < -0.4 is 9.64 Å². The Bertz CT molecular complexity index is 3010. The van der Waals surface area contributed by atoms with Gasteiger partial charge >= 0.3 is 5.97 Å². The van der Waals surface area contributed by atoms with Gasteiger partial charge in [0.2, 0.25) is 5.69 Å². The van der Waals surface area contributed by atoms with Crippen LogP contribution in [0.2, 0.25) is 0 Å². The molecular formula is C51H66N3O16S3+. The molecule has 0 bridgehead atoms. The highest BCUT2D eigenvalue weighted by Gasteiger charge is 2.48. The number of amides is 2. The molecule has 2 amide bonds. The van der Waals surface area contributed by atoms with Crippen LogP contribution in [0.1, 0.15) is 109 Å². The maximum Gasteiger partial charge on any atom is 0.333 e. The highest BCUT2D eigenvalue weighted by molar-refractivity contribution is 7.86. The summed E-state index contributed by atoms with van der Waals surface area (Å²) in [5.41, 5.74) is 3.72. The Kier molecular flexibility index (Phi) is 17.7. The van der Waals surface area contributed by atoms with Crippen molar-refractivity contribution >= 4 is 76.4 Å². The fourth-order valence-electron chi connectivity index (χ4n) is 9.80. The van der Waals surface area contributed by atoms with Gasteiger partial charge in [-0.15, -0.1) is 5.06 Å². The van der Waals surface area contributed by atoms with E-state index < -0.39 is 76.0 Å². The smallest absolute Gasteiger partial charge is 0.333 e. The number of hydrogen-bond acceptors (Lipinski definition) is 14. The van der Waals surface area contributed by atoms with Crippen LogP contribution >= 0.6 is 0 Å². The Morgan fingerprint density at radius 1 is 0.849 bits per heavy atom. The van der Waals surface area contributed by atoms with E-state index in [0.717, 1.165) is 28.0 Å². The molecule has 19 nitrogen and oxygen atoms in total. The summed E-state index contributed by atoms with van der Waals surface area (Å²) in [5, 5.41) is 0.462. The third-order valence-electron chi connectivity index (χ3n) is 13.5. The summed E-state index contributed by atoms with van der Waals surface area (Å²) in [6, 6.07) is 8.08. The lowest BCUT2D eigenvalue weighted by Gasteiger charge is -2.48. The number of fused-ring (bicyclic) bond motifs is 3. The molecule has 0 aromatic heterocycles. The molecule has 4 heterocycles. The molecule has 73 heavy (non-hydrogen) atoms. The van der Waals surface area contributed by atoms with Crippen molar-refractivity contribution in [3.8, 4) is 5.75 Å². The standard InChI is InChI=1S/C51H65N3O16S3/c1-35-34-51(22-26-67-6,23-27-68-7)53(25-13-29-72(61,62)63)42-33-43-39(32-38(35)42)36(30-45(69-43)49(2,3)4)14-9-8-10-15-44-50(5,21-11-16-48(57)70-54-46(55)19-20-47(54)56)40-31-37(73(64,65)66)17-18-41(40)52(44)24-12-28-71(58,59)60/h8-10,14-15,17-18,30-34H,11-13,16,19-29H2,1-7H3,(H2-,58,59,60,61,62,63,64,65,66)/p+1. The Hall–Kier alpha value is -5.33. The van der Waals surface area contributed by atoms with Crippen LogP contribution in [-0.4, -0.2) is 130 Å². The van der Waals surface area contributed by atoms with E-state index in [4.69, 9.17) is 19.0 Å². The van der Waals surface area contributed by atoms with Crippen LogP contribution in [0.15, 0.2) is 83.5 Å². The molecule has 0 spiro atoms. The summed E-state index contributed by atoms with van der Waals surface area (Å²) in [4.78, 5) is 44.0. The summed E-state index contributed by atoms with van der Waals surface area (Å²) in [7, 11) is -10.0. The van der Waals surface area contributed by atoms with Gasteiger partial charge in [0.1, 0.15) is 18.1 Å². The van der Waals surface area contributed by atoms with Crippen LogP contribution in [-0.2, 0) is 64.5 Å². The summed E-state index contributed by atoms with van der Waals surface area (Å²) >= 11 is 0. The maximum atomic E-state index is 12.9. The number of allylic oxidation sites excluding steroid dienone is 9. The fourth-order valence-corrected chi connectivity index (χ4v) is 11.3. The van der Waals surface area contributed by atoms with Crippen molar-refractivity contribution in [2.75, 3.05) is 56.9 Å². The molecule has 0 saturated carbocycles. The molecular weight excluding hydrogens is 1010 g/mol. The van der Waals surface area contributed by atoms with Crippen LogP contribution in [0, 0.1) is 5.41 Å². The van der Waals surface area contributed by atoms with E-state index in [1.54, 1.807) is 37.0 Å². The largest absolute Gasteiger partial charge is 0.460 e. The third-order valence-corrected chi connectivity index (χ3v) is 15.9. The zero-order valence-corrected chi connectivity index (χ0v) is 44.7. The number of hydrogen-bond donors (Lipinski definition) is 3. The second kappa shape index (κ2) is 22.6. The van der Waals surface area contributed by atoms with Crippen LogP contribution in [0.5, 0.6) is 5.75 Å². The Morgan fingerprint density at radius 2 is 1.49 bits per heavy atom. The third kappa shape index (κ3) is 13.7. The average Bonchev–Trinajstić information content (AvgIpc) is 3.73. The Morgan fingerprint density at radius 3 is 2.10 bits per heavy atom. The number of anilines is 1. The number of ether oxygens (including phenoxy) is 3. The highest BCUT2D eigenvalue weighted by atomic mass is 32.2. The van der Waals surface area contributed by atoms with E-state index in [2.05, 4.69) is 11.0 Å². The Balaban J connectivity index is 1.40. The van der Waals surface area contributed by atoms with Crippen molar-refractivity contribution in [2.45, 2.75) is 108 Å². The zero-order valence-electron chi connectivity index (χ0n) is 42.3. The van der Waals surface area contributed by atoms with Gasteiger partial charge < -0.3 is 23.9 Å². The minimum absolute atomic E-state index is 0.0240. The van der Waals surface area contributed by atoms with Gasteiger partial charge in [-0.3, -0.25) is 23.2 Å². The molecule has 398 valence electrons. The molecule has 22 heteroatoms. The van der Waals surface area contributed by atoms with Gasteiger partial charge in [0.05, 0.1) is 27.4 Å². The predicted molar refractivity (Wildman–Crippen MR) is 274 cm³/mol. The van der Waals surface area contributed by atoms with E-state index in [9.17, 15) is 53.3 Å². The zero-order chi connectivity index (χ0) is 53.7. The van der Waals surface area contributed by atoms with Crippen molar-refractivity contribution in [1.29, 1.82) is 0 Å². The number of methoxy groups -OCH3 is 2. The quantitative estimate of drug-likeness (QED) is 0.0431. The molecule has 0 aliphatic carbocycles. The number of rotatable bonds is 23. The first-order chi connectivity index (χ1) is 34.1. The van der Waals surface area contributed by atoms with E-state index >= 15 is 0 Å². The van der Waals surface area contributed by atoms with Gasteiger partial charge in [0.25, 0.3) is 42.2 Å². The highest BCUT2D eigenvalue weighted by Crippen LogP contribution is 2.49. The van der Waals surface area contributed by atoms with Crippen LogP contribution in [0.25, 0.3) is 11.1 Å². The number of hydroxylamine groups is 2. The first-order valence-electron chi connectivity index (χ1n) is 23.9. The van der Waals surface area contributed by atoms with Gasteiger partial charge in [0, 0.05) is 106 Å². The van der Waals surface area contributed by atoms with Gasteiger partial charge in [0.15, 0.2) is 5.71 Å². The Labute approximate surface area is 428 Å². The number of carbonyl (C=O) groups excluding carboxylic acids is 3. The number of benzene rings is 2. The van der Waals surface area contributed by atoms with Crippen molar-refractivity contribution in [1.82, 2.24) is 5.06 Å². The second-order valence-electron chi connectivity index (χ2n) is 19.9. The lowest BCUT2D eigenvalue weighted by atomic mass is 9.75. The van der Waals surface area contributed by atoms with Crippen LogP contribution in [0.3, 0.4) is 0 Å². The topological polar surface area (TPSA) is 261 Å². The normalized spacial score (nSPS) is 19.7. The monoisotopic (exact) mass is 1070 g/mol. The minimum Gasteiger partial charge on any atom is -0.460 e. The summed E-state index contributed by atoms with van der Waals surface area (Å²) in [5.74, 6) is -1.82. The lowest BCUT2D eigenvalue weighted by molar-refractivity contribution is -0.437. The minimum atomic E-state index is -4.68. The first kappa shape index (κ1) is 57.0. The summed E-state index contributed by atoms with van der Waals surface area (Å²) in [6.07, 6.45) is 14.4. The number of nitrogens with zero attached hydrogens (tertiary/aromatic N) is 3. The molecule has 2 aromatic rings. The molecule has 3 N–H and O–H groups in total. The molecule has 1 unspecified atom stereocenters. The van der Waals surface area contributed by atoms with Gasteiger partial charge in [-0.2, -0.15) is 29.8 Å². The molecule has 6 rings (SSSR count). The SMILES string of the molecule is COCCC1(CCOC)C=C(C)c2cc3c(cc2N1CCCS(=O)(=O)O)OC(C(C)(C)C)=CC3=CC=CC=CC1=[N+](CCCS(=O)(=O)O)c2ccc(S(=O)(=O)O)cc2C1(C)CCCC(=O)ON1C(=O)CCC1=O. The van der Waals surface area contributed by atoms with Crippen molar-refractivity contribution in [3.63, 3.8) is 0 Å². The van der Waals surface area contributed by atoms with Crippen molar-refractivity contribution in [3.05, 3.63) is 95.3 Å².